The lowest BCUT2D eigenvalue weighted by Crippen LogP contribution is -2.35. The highest BCUT2D eigenvalue weighted by molar-refractivity contribution is 5.70. The van der Waals surface area contributed by atoms with Crippen LogP contribution in [0, 0.1) is 12.3 Å². The maximum absolute atomic E-state index is 11.2. The molecule has 2 atom stereocenters. The lowest BCUT2D eigenvalue weighted by molar-refractivity contribution is -0.0788. The Labute approximate surface area is 157 Å². The molecule has 2 heterocycles. The molecule has 0 aliphatic heterocycles. The second-order valence-corrected chi connectivity index (χ2v) is 6.23. The molecule has 2 unspecified atom stereocenters. The predicted octanol–water partition coefficient (Wildman–Crippen LogP) is 2.20. The first-order valence-electron chi connectivity index (χ1n) is 8.19. The summed E-state index contributed by atoms with van der Waals surface area (Å²) in [5.74, 6) is 3.05. The summed E-state index contributed by atoms with van der Waals surface area (Å²) in [6.07, 6.45) is 7.40. The van der Waals surface area contributed by atoms with Gasteiger partial charge in [-0.05, 0) is 26.0 Å². The Kier molecular flexibility index (Phi) is 6.36. The van der Waals surface area contributed by atoms with E-state index in [1.54, 1.807) is 17.8 Å². The third-order valence-corrected chi connectivity index (χ3v) is 3.66. The van der Waals surface area contributed by atoms with Gasteiger partial charge in [0, 0.05) is 14.1 Å². The van der Waals surface area contributed by atoms with E-state index in [-0.39, 0.29) is 6.61 Å². The summed E-state index contributed by atoms with van der Waals surface area (Å²) in [7, 11) is 4.97. The predicted molar refractivity (Wildman–Crippen MR) is 99.9 cm³/mol. The molecule has 9 nitrogen and oxygen atoms in total. The molecule has 0 aliphatic rings. The van der Waals surface area contributed by atoms with Crippen LogP contribution in [0.5, 0.6) is 0 Å². The molecule has 0 aromatic carbocycles. The van der Waals surface area contributed by atoms with Gasteiger partial charge in [-0.15, -0.1) is 6.42 Å². The van der Waals surface area contributed by atoms with E-state index in [1.807, 2.05) is 38.1 Å². The quantitative estimate of drug-likeness (QED) is 0.318. The molecular formula is C18H23N5O4. The van der Waals surface area contributed by atoms with E-state index in [0.29, 0.717) is 5.82 Å². The summed E-state index contributed by atoms with van der Waals surface area (Å²) >= 11 is 0. The zero-order valence-corrected chi connectivity index (χ0v) is 16.0. The van der Waals surface area contributed by atoms with Crippen molar-refractivity contribution in [3.8, 4) is 12.3 Å². The van der Waals surface area contributed by atoms with Gasteiger partial charge in [-0.1, -0.05) is 5.92 Å². The summed E-state index contributed by atoms with van der Waals surface area (Å²) < 4.78 is 17.1. The van der Waals surface area contributed by atoms with Gasteiger partial charge in [0.15, 0.2) is 11.4 Å². The van der Waals surface area contributed by atoms with Gasteiger partial charge in [0.05, 0.1) is 25.2 Å². The zero-order chi connectivity index (χ0) is 20.0. The van der Waals surface area contributed by atoms with Gasteiger partial charge in [0.1, 0.15) is 18.5 Å². The van der Waals surface area contributed by atoms with E-state index < -0.39 is 17.9 Å². The van der Waals surface area contributed by atoms with Crippen molar-refractivity contribution in [1.29, 1.82) is 0 Å². The third-order valence-electron chi connectivity index (χ3n) is 3.66. The highest BCUT2D eigenvalue weighted by Crippen LogP contribution is 2.27. The van der Waals surface area contributed by atoms with Crippen molar-refractivity contribution in [1.82, 2.24) is 19.5 Å². The number of rotatable bonds is 7. The Morgan fingerprint density at radius 1 is 1.52 bits per heavy atom. The summed E-state index contributed by atoms with van der Waals surface area (Å²) in [4.78, 5) is 21.6. The lowest BCUT2D eigenvalue weighted by Gasteiger charge is -2.27. The second kappa shape index (κ2) is 8.51. The number of hydrogen-bond acceptors (Lipinski definition) is 7. The summed E-state index contributed by atoms with van der Waals surface area (Å²) in [5.41, 5.74) is 0.360. The lowest BCUT2D eigenvalue weighted by atomic mass is 10.1. The number of aliphatic imine (C=N–C) groups is 1. The van der Waals surface area contributed by atoms with Crippen LogP contribution in [0.25, 0.3) is 5.52 Å². The molecule has 0 aliphatic carbocycles. The van der Waals surface area contributed by atoms with Crippen LogP contribution < -0.4 is 0 Å². The Bertz CT molecular complexity index is 870. The molecule has 0 spiro atoms. The molecule has 0 amide bonds. The molecule has 144 valence electrons. The molecule has 0 saturated heterocycles. The van der Waals surface area contributed by atoms with Crippen LogP contribution in [0.1, 0.15) is 25.6 Å². The van der Waals surface area contributed by atoms with E-state index in [2.05, 4.69) is 25.7 Å². The van der Waals surface area contributed by atoms with Crippen LogP contribution in [0.15, 0.2) is 23.5 Å². The molecule has 0 N–H and O–H groups in total. The fourth-order valence-corrected chi connectivity index (χ4v) is 2.33. The van der Waals surface area contributed by atoms with E-state index >= 15 is 0 Å². The zero-order valence-electron chi connectivity index (χ0n) is 16.0. The van der Waals surface area contributed by atoms with Crippen LogP contribution >= 0.6 is 0 Å². The number of aromatic nitrogens is 3. The molecule has 27 heavy (non-hydrogen) atoms. The van der Waals surface area contributed by atoms with Crippen molar-refractivity contribution in [3.63, 3.8) is 0 Å². The SMILES string of the molecule is C#CC(C)(COC(=O)OC)OC(C)c1ccc2c(N=CN(C)C)ncnn12. The van der Waals surface area contributed by atoms with Gasteiger partial charge in [-0.3, -0.25) is 0 Å². The summed E-state index contributed by atoms with van der Waals surface area (Å²) in [6.45, 7) is 3.35. The van der Waals surface area contributed by atoms with Crippen LogP contribution in [0.2, 0.25) is 0 Å². The van der Waals surface area contributed by atoms with E-state index in [1.165, 1.54) is 13.4 Å². The van der Waals surface area contributed by atoms with Crippen molar-refractivity contribution in [2.24, 2.45) is 4.99 Å². The van der Waals surface area contributed by atoms with Gasteiger partial charge in [0.25, 0.3) is 0 Å². The maximum atomic E-state index is 11.2. The van der Waals surface area contributed by atoms with Gasteiger partial charge in [0.2, 0.25) is 0 Å². The van der Waals surface area contributed by atoms with Gasteiger partial charge in [-0.2, -0.15) is 5.10 Å². The minimum Gasteiger partial charge on any atom is -0.438 e. The molecule has 9 heteroatoms. The number of hydrogen-bond donors (Lipinski definition) is 0. The second-order valence-electron chi connectivity index (χ2n) is 6.23. The Hall–Kier alpha value is -3.12. The van der Waals surface area contributed by atoms with E-state index in [0.717, 1.165) is 11.2 Å². The van der Waals surface area contributed by atoms with Crippen molar-refractivity contribution in [2.75, 3.05) is 27.8 Å². The van der Waals surface area contributed by atoms with Crippen molar-refractivity contribution in [3.05, 3.63) is 24.2 Å². The van der Waals surface area contributed by atoms with Crippen LogP contribution in [0.3, 0.4) is 0 Å². The first-order valence-corrected chi connectivity index (χ1v) is 8.19. The molecule has 0 saturated carbocycles. The smallest absolute Gasteiger partial charge is 0.438 e. The third kappa shape index (κ3) is 4.95. The van der Waals surface area contributed by atoms with Crippen LogP contribution in [-0.2, 0) is 14.2 Å². The normalized spacial score (nSPS) is 14.5. The molecule has 2 aromatic rings. The van der Waals surface area contributed by atoms with Crippen molar-refractivity contribution < 1.29 is 19.0 Å². The number of ether oxygens (including phenoxy) is 3. The molecule has 0 radical (unpaired) electrons. The number of fused-ring (bicyclic) bond motifs is 1. The summed E-state index contributed by atoms with van der Waals surface area (Å²) in [6, 6.07) is 3.72. The highest BCUT2D eigenvalue weighted by atomic mass is 16.7. The molecular weight excluding hydrogens is 350 g/mol. The van der Waals surface area contributed by atoms with E-state index in [4.69, 9.17) is 15.9 Å². The van der Waals surface area contributed by atoms with Gasteiger partial charge >= 0.3 is 6.16 Å². The standard InChI is InChI=1S/C18H23N5O4/c1-7-18(3,10-26-17(24)25-6)27-13(2)14-8-9-15-16(20-12-22(4)5)19-11-21-23(14)15/h1,8-9,11-13H,10H2,2-6H3. The van der Waals surface area contributed by atoms with E-state index in [9.17, 15) is 4.79 Å². The van der Waals surface area contributed by atoms with Crippen LogP contribution in [0.4, 0.5) is 10.6 Å². The highest BCUT2D eigenvalue weighted by Gasteiger charge is 2.29. The topological polar surface area (TPSA) is 90.5 Å². The molecule has 2 rings (SSSR count). The fourth-order valence-electron chi connectivity index (χ4n) is 2.33. The van der Waals surface area contributed by atoms with Gasteiger partial charge in [-0.25, -0.2) is 19.3 Å². The Morgan fingerprint density at radius 2 is 2.26 bits per heavy atom. The first-order chi connectivity index (χ1) is 12.8. The summed E-state index contributed by atoms with van der Waals surface area (Å²) in [5, 5.41) is 4.27. The number of methoxy groups -OCH3 is 1. The minimum atomic E-state index is -1.13. The Balaban J connectivity index is 2.24. The molecule has 2 aromatic heterocycles. The number of carbonyl (C=O) groups excluding carboxylic acids is 1. The minimum absolute atomic E-state index is 0.142. The average molecular weight is 373 g/mol. The van der Waals surface area contributed by atoms with Gasteiger partial charge < -0.3 is 19.1 Å². The molecule has 0 fully saturated rings. The number of terminal acetylenes is 1. The van der Waals surface area contributed by atoms with Crippen molar-refractivity contribution in [2.45, 2.75) is 25.6 Å². The molecule has 0 bridgehead atoms. The first kappa shape index (κ1) is 20.2. The Morgan fingerprint density at radius 3 is 2.89 bits per heavy atom. The van der Waals surface area contributed by atoms with Crippen LogP contribution in [-0.4, -0.2) is 65.4 Å². The monoisotopic (exact) mass is 373 g/mol. The fraction of sp³-hybridized carbons (Fsp3) is 0.444. The van der Waals surface area contributed by atoms with Crippen molar-refractivity contribution >= 4 is 23.8 Å². The number of carbonyl (C=O) groups is 1. The maximum Gasteiger partial charge on any atom is 0.508 e. The average Bonchev–Trinajstić information content (AvgIpc) is 3.09. The largest absolute Gasteiger partial charge is 0.508 e. The number of nitrogens with zero attached hydrogens (tertiary/aromatic N) is 5.